The first kappa shape index (κ1) is 15.1. The Balaban J connectivity index is 1.83. The number of carboxylic acids is 1. The number of aromatic nitrogens is 4. The van der Waals surface area contributed by atoms with E-state index in [0.29, 0.717) is 11.3 Å². The van der Waals surface area contributed by atoms with Crippen molar-refractivity contribution >= 4 is 11.9 Å². The van der Waals surface area contributed by atoms with E-state index in [9.17, 15) is 9.59 Å². The van der Waals surface area contributed by atoms with E-state index in [0.717, 1.165) is 12.8 Å². The maximum atomic E-state index is 12.8. The SMILES string of the molecule is CC(CN(C(=O)c1cccc(-n2cnnn2)c1)C1CC1)C(=O)O. The van der Waals surface area contributed by atoms with Crippen LogP contribution in [0.1, 0.15) is 30.1 Å². The molecule has 1 saturated carbocycles. The smallest absolute Gasteiger partial charge is 0.308 e. The van der Waals surface area contributed by atoms with E-state index < -0.39 is 11.9 Å². The predicted molar refractivity (Wildman–Crippen MR) is 80.0 cm³/mol. The number of carbonyl (C=O) groups excluding carboxylic acids is 1. The summed E-state index contributed by atoms with van der Waals surface area (Å²) in [7, 11) is 0. The summed E-state index contributed by atoms with van der Waals surface area (Å²) in [6, 6.07) is 7.13. The summed E-state index contributed by atoms with van der Waals surface area (Å²) in [6.45, 7) is 1.83. The van der Waals surface area contributed by atoms with Crippen LogP contribution >= 0.6 is 0 Å². The number of aliphatic carboxylic acids is 1. The lowest BCUT2D eigenvalue weighted by molar-refractivity contribution is -0.141. The average molecular weight is 315 g/mol. The van der Waals surface area contributed by atoms with Gasteiger partial charge in [0, 0.05) is 18.2 Å². The number of amides is 1. The monoisotopic (exact) mass is 315 g/mol. The Morgan fingerprint density at radius 3 is 2.83 bits per heavy atom. The number of benzene rings is 1. The molecule has 1 unspecified atom stereocenters. The van der Waals surface area contributed by atoms with Crippen molar-refractivity contribution in [2.75, 3.05) is 6.54 Å². The van der Waals surface area contributed by atoms with Gasteiger partial charge < -0.3 is 10.0 Å². The number of carbonyl (C=O) groups is 2. The van der Waals surface area contributed by atoms with Crippen LogP contribution in [0.25, 0.3) is 5.69 Å². The molecule has 1 amide bonds. The molecule has 3 rings (SSSR count). The Morgan fingerprint density at radius 1 is 1.43 bits per heavy atom. The molecule has 8 heteroatoms. The van der Waals surface area contributed by atoms with Gasteiger partial charge in [-0.2, -0.15) is 0 Å². The number of rotatable bonds is 6. The van der Waals surface area contributed by atoms with Crippen molar-refractivity contribution in [3.05, 3.63) is 36.2 Å². The van der Waals surface area contributed by atoms with Crippen LogP contribution in [0.4, 0.5) is 0 Å². The third-order valence-corrected chi connectivity index (χ3v) is 3.85. The van der Waals surface area contributed by atoms with E-state index >= 15 is 0 Å². The lowest BCUT2D eigenvalue weighted by Crippen LogP contribution is -2.38. The van der Waals surface area contributed by atoms with Gasteiger partial charge in [0.25, 0.3) is 5.91 Å². The van der Waals surface area contributed by atoms with Crippen molar-refractivity contribution in [2.45, 2.75) is 25.8 Å². The molecule has 8 nitrogen and oxygen atoms in total. The van der Waals surface area contributed by atoms with E-state index in [4.69, 9.17) is 5.11 Å². The molecule has 120 valence electrons. The third-order valence-electron chi connectivity index (χ3n) is 3.85. The molecule has 1 aliphatic rings. The maximum absolute atomic E-state index is 12.8. The molecule has 0 bridgehead atoms. The minimum atomic E-state index is -0.897. The zero-order chi connectivity index (χ0) is 16.4. The number of hydrogen-bond acceptors (Lipinski definition) is 5. The zero-order valence-electron chi connectivity index (χ0n) is 12.7. The molecular formula is C15H17N5O3. The van der Waals surface area contributed by atoms with Crippen LogP contribution in [-0.2, 0) is 4.79 Å². The van der Waals surface area contributed by atoms with Gasteiger partial charge in [-0.15, -0.1) is 5.10 Å². The standard InChI is InChI=1S/C15H17N5O3/c1-10(15(22)23)8-19(12-5-6-12)14(21)11-3-2-4-13(7-11)20-9-16-17-18-20/h2-4,7,9-10,12H,5-6,8H2,1H3,(H,22,23). The van der Waals surface area contributed by atoms with Crippen molar-refractivity contribution in [3.8, 4) is 5.69 Å². The number of tetrazole rings is 1. The molecule has 23 heavy (non-hydrogen) atoms. The molecule has 1 aromatic heterocycles. The fourth-order valence-electron chi connectivity index (χ4n) is 2.38. The molecule has 0 spiro atoms. The Bertz CT molecular complexity index is 712. The largest absolute Gasteiger partial charge is 0.481 e. The topological polar surface area (TPSA) is 101 Å². The fraction of sp³-hybridized carbons (Fsp3) is 0.400. The molecule has 1 heterocycles. The van der Waals surface area contributed by atoms with Gasteiger partial charge in [0.15, 0.2) is 0 Å². The van der Waals surface area contributed by atoms with Gasteiger partial charge in [0.1, 0.15) is 6.33 Å². The second-order valence-corrected chi connectivity index (χ2v) is 5.73. The van der Waals surface area contributed by atoms with Crippen molar-refractivity contribution in [1.29, 1.82) is 0 Å². The van der Waals surface area contributed by atoms with Gasteiger partial charge in [0.05, 0.1) is 11.6 Å². The van der Waals surface area contributed by atoms with Crippen molar-refractivity contribution in [1.82, 2.24) is 25.1 Å². The third kappa shape index (κ3) is 3.36. The molecule has 0 radical (unpaired) electrons. The van der Waals surface area contributed by atoms with E-state index in [1.165, 1.54) is 11.0 Å². The molecule has 1 aromatic carbocycles. The molecule has 1 N–H and O–H groups in total. The number of nitrogens with zero attached hydrogens (tertiary/aromatic N) is 5. The van der Waals surface area contributed by atoms with Crippen LogP contribution in [0, 0.1) is 5.92 Å². The average Bonchev–Trinajstić information content (AvgIpc) is 3.24. The van der Waals surface area contributed by atoms with Crippen molar-refractivity contribution in [3.63, 3.8) is 0 Å². The lowest BCUT2D eigenvalue weighted by Gasteiger charge is -2.24. The second kappa shape index (κ2) is 6.15. The highest BCUT2D eigenvalue weighted by molar-refractivity contribution is 5.95. The molecule has 2 aromatic rings. The van der Waals surface area contributed by atoms with Gasteiger partial charge in [-0.25, -0.2) is 4.68 Å². The molecule has 1 atom stereocenters. The normalized spacial score (nSPS) is 15.2. The lowest BCUT2D eigenvalue weighted by atomic mass is 10.1. The van der Waals surface area contributed by atoms with Gasteiger partial charge in [-0.05, 0) is 41.5 Å². The van der Waals surface area contributed by atoms with Gasteiger partial charge >= 0.3 is 5.97 Å². The quantitative estimate of drug-likeness (QED) is 0.853. The van der Waals surface area contributed by atoms with Gasteiger partial charge in [-0.1, -0.05) is 13.0 Å². The summed E-state index contributed by atoms with van der Waals surface area (Å²) < 4.78 is 1.47. The minimum Gasteiger partial charge on any atom is -0.481 e. The Labute approximate surface area is 132 Å². The molecule has 0 saturated heterocycles. The van der Waals surface area contributed by atoms with Crippen LogP contribution in [0.5, 0.6) is 0 Å². The molecule has 1 fully saturated rings. The van der Waals surface area contributed by atoms with Crippen molar-refractivity contribution in [2.24, 2.45) is 5.92 Å². The predicted octanol–water partition coefficient (Wildman–Crippen LogP) is 0.988. The molecule has 1 aliphatic carbocycles. The van der Waals surface area contributed by atoms with Crippen molar-refractivity contribution < 1.29 is 14.7 Å². The first-order valence-corrected chi connectivity index (χ1v) is 7.43. The number of carboxylic acid groups (broad SMARTS) is 1. The first-order valence-electron chi connectivity index (χ1n) is 7.43. The summed E-state index contributed by atoms with van der Waals surface area (Å²) in [5.74, 6) is -1.65. The van der Waals surface area contributed by atoms with E-state index in [2.05, 4.69) is 15.5 Å². The molecule has 0 aliphatic heterocycles. The van der Waals surface area contributed by atoms with E-state index in [1.807, 2.05) is 0 Å². The highest BCUT2D eigenvalue weighted by Crippen LogP contribution is 2.29. The summed E-state index contributed by atoms with van der Waals surface area (Å²) in [4.78, 5) is 25.5. The van der Waals surface area contributed by atoms with E-state index in [1.54, 1.807) is 36.1 Å². The first-order chi connectivity index (χ1) is 11.1. The molecular weight excluding hydrogens is 298 g/mol. The van der Waals surface area contributed by atoms with Gasteiger partial charge in [0.2, 0.25) is 0 Å². The highest BCUT2D eigenvalue weighted by atomic mass is 16.4. The van der Waals surface area contributed by atoms with Crippen LogP contribution in [0.2, 0.25) is 0 Å². The van der Waals surface area contributed by atoms with E-state index in [-0.39, 0.29) is 18.5 Å². The summed E-state index contributed by atoms with van der Waals surface area (Å²) >= 11 is 0. The van der Waals surface area contributed by atoms with Gasteiger partial charge in [-0.3, -0.25) is 9.59 Å². The van der Waals surface area contributed by atoms with Crippen LogP contribution in [0.3, 0.4) is 0 Å². The Morgan fingerprint density at radius 2 is 2.22 bits per heavy atom. The number of hydrogen-bond donors (Lipinski definition) is 1. The van der Waals surface area contributed by atoms with Crippen LogP contribution in [-0.4, -0.2) is 54.7 Å². The summed E-state index contributed by atoms with van der Waals surface area (Å²) in [5.41, 5.74) is 1.19. The fourth-order valence-corrected chi connectivity index (χ4v) is 2.38. The summed E-state index contributed by atoms with van der Waals surface area (Å²) in [5, 5.41) is 20.0. The highest BCUT2D eigenvalue weighted by Gasteiger charge is 2.35. The maximum Gasteiger partial charge on any atom is 0.308 e. The minimum absolute atomic E-state index is 0.140. The van der Waals surface area contributed by atoms with Crippen LogP contribution < -0.4 is 0 Å². The Hall–Kier alpha value is -2.77. The van der Waals surface area contributed by atoms with Crippen LogP contribution in [0.15, 0.2) is 30.6 Å². The zero-order valence-corrected chi connectivity index (χ0v) is 12.7. The Kier molecular flexibility index (Phi) is 4.05. The second-order valence-electron chi connectivity index (χ2n) is 5.73. The summed E-state index contributed by atoms with van der Waals surface area (Å²) in [6.07, 6.45) is 3.30.